The number of benzene rings is 2. The SMILES string of the molecule is CS(=O)(=O)CCC(=O)Nc1ccc(NC(=O)c2ccccc2F)cc1C(F)(F)F. The highest BCUT2D eigenvalue weighted by molar-refractivity contribution is 7.90. The van der Waals surface area contributed by atoms with Crippen molar-refractivity contribution in [2.24, 2.45) is 0 Å². The minimum absolute atomic E-state index is 0.264. The number of hydrogen-bond acceptors (Lipinski definition) is 4. The van der Waals surface area contributed by atoms with Gasteiger partial charge in [0.05, 0.1) is 22.6 Å². The molecular weight excluding hydrogens is 416 g/mol. The van der Waals surface area contributed by atoms with Gasteiger partial charge in [0, 0.05) is 18.4 Å². The summed E-state index contributed by atoms with van der Waals surface area (Å²) < 4.78 is 75.9. The van der Waals surface area contributed by atoms with E-state index in [9.17, 15) is 35.6 Å². The highest BCUT2D eigenvalue weighted by Crippen LogP contribution is 2.36. The van der Waals surface area contributed by atoms with E-state index in [1.165, 1.54) is 18.2 Å². The summed E-state index contributed by atoms with van der Waals surface area (Å²) in [6.07, 6.45) is -4.49. The predicted octanol–water partition coefficient (Wildman–Crippen LogP) is 3.47. The fraction of sp³-hybridized carbons (Fsp3) is 0.222. The standard InChI is InChI=1S/C18H16F4N2O4S/c1-29(27,28)9-8-16(25)24-15-7-6-11(10-13(15)18(20,21)22)23-17(26)12-4-2-3-5-14(12)19/h2-7,10H,8-9H2,1H3,(H,23,26)(H,24,25). The minimum Gasteiger partial charge on any atom is -0.325 e. The van der Waals surface area contributed by atoms with E-state index in [0.29, 0.717) is 6.07 Å². The third kappa shape index (κ3) is 6.56. The second-order valence-electron chi connectivity index (χ2n) is 6.12. The lowest BCUT2D eigenvalue weighted by molar-refractivity contribution is -0.136. The van der Waals surface area contributed by atoms with Crippen molar-refractivity contribution in [3.05, 3.63) is 59.4 Å². The zero-order valence-corrected chi connectivity index (χ0v) is 15.8. The van der Waals surface area contributed by atoms with Crippen molar-refractivity contribution in [3.63, 3.8) is 0 Å². The fourth-order valence-electron chi connectivity index (χ4n) is 2.30. The van der Waals surface area contributed by atoms with Gasteiger partial charge in [-0.15, -0.1) is 0 Å². The average molecular weight is 432 g/mol. The number of amides is 2. The van der Waals surface area contributed by atoms with Crippen LogP contribution in [-0.4, -0.2) is 32.2 Å². The third-order valence-corrected chi connectivity index (χ3v) is 4.62. The lowest BCUT2D eigenvalue weighted by Crippen LogP contribution is -2.20. The minimum atomic E-state index is -4.88. The third-order valence-electron chi connectivity index (χ3n) is 3.68. The summed E-state index contributed by atoms with van der Waals surface area (Å²) in [6, 6.07) is 7.56. The molecule has 0 unspecified atom stereocenters. The van der Waals surface area contributed by atoms with Crippen LogP contribution >= 0.6 is 0 Å². The lowest BCUT2D eigenvalue weighted by Gasteiger charge is -2.16. The molecule has 11 heteroatoms. The van der Waals surface area contributed by atoms with E-state index < -0.39 is 57.1 Å². The van der Waals surface area contributed by atoms with Crippen molar-refractivity contribution >= 4 is 33.0 Å². The first-order valence-electron chi connectivity index (χ1n) is 8.11. The Hall–Kier alpha value is -2.95. The zero-order valence-electron chi connectivity index (χ0n) is 15.0. The number of sulfone groups is 1. The van der Waals surface area contributed by atoms with Gasteiger partial charge < -0.3 is 10.6 Å². The van der Waals surface area contributed by atoms with Gasteiger partial charge in [0.1, 0.15) is 15.7 Å². The molecule has 6 nitrogen and oxygen atoms in total. The second kappa shape index (κ2) is 8.60. The molecule has 0 aromatic heterocycles. The molecule has 2 aromatic carbocycles. The predicted molar refractivity (Wildman–Crippen MR) is 98.8 cm³/mol. The Morgan fingerprint density at radius 1 is 1.03 bits per heavy atom. The molecule has 0 saturated heterocycles. The first-order chi connectivity index (χ1) is 13.4. The van der Waals surface area contributed by atoms with Crippen molar-refractivity contribution < 1.29 is 35.6 Å². The smallest absolute Gasteiger partial charge is 0.325 e. The Kier molecular flexibility index (Phi) is 6.62. The fourth-order valence-corrected chi connectivity index (χ4v) is 2.86. The summed E-state index contributed by atoms with van der Waals surface area (Å²) >= 11 is 0. The maximum atomic E-state index is 13.6. The largest absolute Gasteiger partial charge is 0.418 e. The van der Waals surface area contributed by atoms with Crippen LogP contribution in [0.15, 0.2) is 42.5 Å². The topological polar surface area (TPSA) is 92.3 Å². The van der Waals surface area contributed by atoms with Crippen molar-refractivity contribution in [2.75, 3.05) is 22.6 Å². The van der Waals surface area contributed by atoms with E-state index in [2.05, 4.69) is 5.32 Å². The molecule has 2 amide bonds. The van der Waals surface area contributed by atoms with E-state index >= 15 is 0 Å². The van der Waals surface area contributed by atoms with Gasteiger partial charge in [-0.25, -0.2) is 12.8 Å². The second-order valence-corrected chi connectivity index (χ2v) is 8.38. The Balaban J connectivity index is 2.24. The highest BCUT2D eigenvalue weighted by Gasteiger charge is 2.34. The van der Waals surface area contributed by atoms with Crippen LogP contribution in [0, 0.1) is 5.82 Å². The number of rotatable bonds is 6. The molecule has 0 aliphatic rings. The summed E-state index contributed by atoms with van der Waals surface area (Å²) in [7, 11) is -3.46. The van der Waals surface area contributed by atoms with Gasteiger partial charge in [-0.1, -0.05) is 12.1 Å². The monoisotopic (exact) mass is 432 g/mol. The molecule has 2 rings (SSSR count). The molecule has 2 aromatic rings. The maximum absolute atomic E-state index is 13.6. The Morgan fingerprint density at radius 2 is 1.69 bits per heavy atom. The summed E-state index contributed by atoms with van der Waals surface area (Å²) in [6.45, 7) is 0. The summed E-state index contributed by atoms with van der Waals surface area (Å²) in [5.41, 5.74) is -2.46. The zero-order chi connectivity index (χ0) is 21.8. The van der Waals surface area contributed by atoms with Crippen LogP contribution in [0.4, 0.5) is 28.9 Å². The lowest BCUT2D eigenvalue weighted by atomic mass is 10.1. The molecule has 156 valence electrons. The number of anilines is 2. The van der Waals surface area contributed by atoms with Crippen molar-refractivity contribution in [1.82, 2.24) is 0 Å². The summed E-state index contributed by atoms with van der Waals surface area (Å²) in [4.78, 5) is 23.8. The highest BCUT2D eigenvalue weighted by atomic mass is 32.2. The van der Waals surface area contributed by atoms with Crippen LogP contribution in [0.25, 0.3) is 0 Å². The number of carbonyl (C=O) groups excluding carboxylic acids is 2. The summed E-state index contributed by atoms with van der Waals surface area (Å²) in [5.74, 6) is -3.21. The molecule has 0 fully saturated rings. The summed E-state index contributed by atoms with van der Waals surface area (Å²) in [5, 5.41) is 4.18. The first kappa shape index (κ1) is 22.3. The molecule has 0 heterocycles. The Morgan fingerprint density at radius 3 is 2.28 bits per heavy atom. The Labute approximate surface area is 163 Å². The van der Waals surface area contributed by atoms with E-state index in [0.717, 1.165) is 24.5 Å². The van der Waals surface area contributed by atoms with Crippen LogP contribution in [-0.2, 0) is 20.8 Å². The number of hydrogen-bond donors (Lipinski definition) is 2. The van der Waals surface area contributed by atoms with Gasteiger partial charge in [-0.3, -0.25) is 9.59 Å². The molecule has 0 saturated carbocycles. The maximum Gasteiger partial charge on any atom is 0.418 e. The molecule has 0 aliphatic heterocycles. The normalized spacial score (nSPS) is 11.8. The number of halogens is 4. The van der Waals surface area contributed by atoms with Gasteiger partial charge in [0.25, 0.3) is 5.91 Å². The van der Waals surface area contributed by atoms with Crippen molar-refractivity contribution in [2.45, 2.75) is 12.6 Å². The molecule has 0 bridgehead atoms. The number of alkyl halides is 3. The van der Waals surface area contributed by atoms with Crippen LogP contribution in [0.1, 0.15) is 22.3 Å². The quantitative estimate of drug-likeness (QED) is 0.684. The molecule has 2 N–H and O–H groups in total. The van der Waals surface area contributed by atoms with E-state index in [4.69, 9.17) is 0 Å². The van der Waals surface area contributed by atoms with E-state index in [-0.39, 0.29) is 11.3 Å². The van der Waals surface area contributed by atoms with Gasteiger partial charge >= 0.3 is 6.18 Å². The van der Waals surface area contributed by atoms with Gasteiger partial charge in [-0.05, 0) is 30.3 Å². The molecule has 0 atom stereocenters. The van der Waals surface area contributed by atoms with Crippen LogP contribution in [0.2, 0.25) is 0 Å². The molecule has 29 heavy (non-hydrogen) atoms. The van der Waals surface area contributed by atoms with E-state index in [1.54, 1.807) is 0 Å². The first-order valence-corrected chi connectivity index (χ1v) is 10.2. The molecule has 0 radical (unpaired) electrons. The van der Waals surface area contributed by atoms with Crippen LogP contribution in [0.5, 0.6) is 0 Å². The van der Waals surface area contributed by atoms with Gasteiger partial charge in [0.15, 0.2) is 0 Å². The van der Waals surface area contributed by atoms with Crippen LogP contribution < -0.4 is 10.6 Å². The Bertz CT molecular complexity index is 1040. The molecular formula is C18H16F4N2O4S. The molecule has 0 spiro atoms. The van der Waals surface area contributed by atoms with Crippen LogP contribution in [0.3, 0.4) is 0 Å². The van der Waals surface area contributed by atoms with Crippen molar-refractivity contribution in [3.8, 4) is 0 Å². The van der Waals surface area contributed by atoms with Gasteiger partial charge in [0.2, 0.25) is 5.91 Å². The number of nitrogens with one attached hydrogen (secondary N) is 2. The van der Waals surface area contributed by atoms with Crippen molar-refractivity contribution in [1.29, 1.82) is 0 Å². The average Bonchev–Trinajstić information content (AvgIpc) is 2.60. The van der Waals surface area contributed by atoms with E-state index in [1.807, 2.05) is 5.32 Å². The van der Waals surface area contributed by atoms with Gasteiger partial charge in [-0.2, -0.15) is 13.2 Å². The molecule has 0 aliphatic carbocycles. The number of carbonyl (C=O) groups is 2.